The summed E-state index contributed by atoms with van der Waals surface area (Å²) in [5.74, 6) is 0.981. The largest absolute Gasteiger partial charge is 0.481 e. The number of nitrogens with zero attached hydrogens (tertiary/aromatic N) is 2. The summed E-state index contributed by atoms with van der Waals surface area (Å²) < 4.78 is 5.34. The number of anilines is 1. The molecule has 0 spiro atoms. The van der Waals surface area contributed by atoms with Crippen molar-refractivity contribution in [1.29, 1.82) is 0 Å². The van der Waals surface area contributed by atoms with Crippen LogP contribution in [0.15, 0.2) is 35.5 Å². The summed E-state index contributed by atoms with van der Waals surface area (Å²) >= 11 is 1.43. The van der Waals surface area contributed by atoms with E-state index in [1.165, 1.54) is 11.8 Å². The highest BCUT2D eigenvalue weighted by Crippen LogP contribution is 2.35. The van der Waals surface area contributed by atoms with E-state index in [1.54, 1.807) is 21.0 Å². The molecule has 0 atom stereocenters. The lowest BCUT2D eigenvalue weighted by molar-refractivity contribution is 0.0750. The first-order chi connectivity index (χ1) is 10.5. The predicted molar refractivity (Wildman–Crippen MR) is 89.4 cm³/mol. The molecule has 1 aromatic heterocycles. The quantitative estimate of drug-likeness (QED) is 0.630. The van der Waals surface area contributed by atoms with E-state index in [-0.39, 0.29) is 0 Å². The number of benzene rings is 1. The van der Waals surface area contributed by atoms with Crippen LogP contribution in [0, 0.1) is 0 Å². The van der Waals surface area contributed by atoms with Crippen LogP contribution >= 0.6 is 11.8 Å². The summed E-state index contributed by atoms with van der Waals surface area (Å²) in [7, 11) is 1.54. The van der Waals surface area contributed by atoms with Gasteiger partial charge in [-0.1, -0.05) is 42.1 Å². The van der Waals surface area contributed by atoms with Crippen molar-refractivity contribution in [3.63, 3.8) is 0 Å². The molecular weight excluding hydrogens is 298 g/mol. The number of aromatic nitrogens is 2. The summed E-state index contributed by atoms with van der Waals surface area (Å²) in [6.45, 7) is 4.00. The number of thioether (sulfide) groups is 1. The van der Waals surface area contributed by atoms with Crippen molar-refractivity contribution in [1.82, 2.24) is 9.97 Å². The molecule has 6 heteroatoms. The van der Waals surface area contributed by atoms with Crippen molar-refractivity contribution in [2.45, 2.75) is 31.1 Å². The standard InChI is InChI=1S/C16H21N3O2S/c1-16(2,20)12-13(17-10-11-8-6-5-7-9-11)18-15(22-4)19-14(12)21-3/h5-9,20H,10H2,1-4H3,(H,17,18,19). The topological polar surface area (TPSA) is 67.3 Å². The SMILES string of the molecule is COc1nc(SC)nc(NCc2ccccc2)c1C(C)(C)O. The molecule has 22 heavy (non-hydrogen) atoms. The van der Waals surface area contributed by atoms with E-state index < -0.39 is 5.60 Å². The van der Waals surface area contributed by atoms with Gasteiger partial charge in [-0.15, -0.1) is 0 Å². The van der Waals surface area contributed by atoms with Crippen molar-refractivity contribution >= 4 is 17.6 Å². The predicted octanol–water partition coefficient (Wildman–Crippen LogP) is 3.05. The minimum absolute atomic E-state index is 0.391. The Morgan fingerprint density at radius 3 is 2.45 bits per heavy atom. The van der Waals surface area contributed by atoms with Crippen LogP contribution in [0.1, 0.15) is 25.0 Å². The Morgan fingerprint density at radius 1 is 1.23 bits per heavy atom. The van der Waals surface area contributed by atoms with E-state index in [0.29, 0.717) is 29.0 Å². The molecule has 0 unspecified atom stereocenters. The molecule has 0 aliphatic heterocycles. The average Bonchev–Trinajstić information content (AvgIpc) is 2.51. The molecule has 1 heterocycles. The van der Waals surface area contributed by atoms with Crippen LogP contribution in [0.2, 0.25) is 0 Å². The smallest absolute Gasteiger partial charge is 0.225 e. The van der Waals surface area contributed by atoms with E-state index >= 15 is 0 Å². The van der Waals surface area contributed by atoms with Gasteiger partial charge in [0.2, 0.25) is 5.88 Å². The normalized spacial score (nSPS) is 11.3. The summed E-state index contributed by atoms with van der Waals surface area (Å²) in [4.78, 5) is 8.80. The van der Waals surface area contributed by atoms with Crippen LogP contribution in [-0.4, -0.2) is 28.4 Å². The Kier molecular flexibility index (Phi) is 5.26. The fourth-order valence-corrected chi connectivity index (χ4v) is 2.48. The lowest BCUT2D eigenvalue weighted by Gasteiger charge is -2.23. The van der Waals surface area contributed by atoms with Gasteiger partial charge in [-0.2, -0.15) is 4.98 Å². The second-order valence-corrected chi connectivity index (χ2v) is 6.11. The van der Waals surface area contributed by atoms with Gasteiger partial charge in [0.15, 0.2) is 5.16 Å². The molecule has 0 saturated carbocycles. The molecule has 2 N–H and O–H groups in total. The van der Waals surface area contributed by atoms with Crippen LogP contribution in [-0.2, 0) is 12.1 Å². The maximum Gasteiger partial charge on any atom is 0.225 e. The molecule has 0 amide bonds. The zero-order valence-corrected chi connectivity index (χ0v) is 14.1. The van der Waals surface area contributed by atoms with Gasteiger partial charge in [-0.3, -0.25) is 0 Å². The van der Waals surface area contributed by atoms with Crippen LogP contribution < -0.4 is 10.1 Å². The van der Waals surface area contributed by atoms with E-state index in [4.69, 9.17) is 4.74 Å². The fraction of sp³-hybridized carbons (Fsp3) is 0.375. The van der Waals surface area contributed by atoms with Gasteiger partial charge in [-0.25, -0.2) is 4.98 Å². The third kappa shape index (κ3) is 3.90. The number of rotatable bonds is 6. The number of ether oxygens (including phenoxy) is 1. The van der Waals surface area contributed by atoms with E-state index in [9.17, 15) is 5.11 Å². The van der Waals surface area contributed by atoms with Crippen molar-refractivity contribution in [3.05, 3.63) is 41.5 Å². The van der Waals surface area contributed by atoms with Crippen molar-refractivity contribution in [3.8, 4) is 5.88 Å². The van der Waals surface area contributed by atoms with Crippen LogP contribution in [0.5, 0.6) is 5.88 Å². The Bertz CT molecular complexity index is 627. The monoisotopic (exact) mass is 319 g/mol. The molecule has 0 aliphatic rings. The minimum Gasteiger partial charge on any atom is -0.481 e. The molecule has 0 fully saturated rings. The highest BCUT2D eigenvalue weighted by Gasteiger charge is 2.28. The molecule has 0 saturated heterocycles. The molecule has 2 aromatic rings. The number of nitrogens with one attached hydrogen (secondary N) is 1. The lowest BCUT2D eigenvalue weighted by atomic mass is 10.00. The van der Waals surface area contributed by atoms with E-state index in [2.05, 4.69) is 15.3 Å². The Balaban J connectivity index is 2.39. The van der Waals surface area contributed by atoms with Crippen molar-refractivity contribution in [2.75, 3.05) is 18.7 Å². The highest BCUT2D eigenvalue weighted by atomic mass is 32.2. The van der Waals surface area contributed by atoms with Gasteiger partial charge in [0.05, 0.1) is 18.3 Å². The van der Waals surface area contributed by atoms with Gasteiger partial charge < -0.3 is 15.2 Å². The summed E-state index contributed by atoms with van der Waals surface area (Å²) in [5, 5.41) is 14.3. The first-order valence-corrected chi connectivity index (χ1v) is 8.19. The number of methoxy groups -OCH3 is 1. The maximum atomic E-state index is 10.4. The van der Waals surface area contributed by atoms with Crippen LogP contribution in [0.4, 0.5) is 5.82 Å². The number of hydrogen-bond donors (Lipinski definition) is 2. The van der Waals surface area contributed by atoms with E-state index in [1.807, 2.05) is 36.6 Å². The van der Waals surface area contributed by atoms with Gasteiger partial charge in [0, 0.05) is 6.54 Å². The molecule has 0 radical (unpaired) electrons. The zero-order chi connectivity index (χ0) is 16.2. The Hall–Kier alpha value is -1.79. The number of hydrogen-bond acceptors (Lipinski definition) is 6. The molecule has 118 valence electrons. The number of aliphatic hydroxyl groups is 1. The second-order valence-electron chi connectivity index (χ2n) is 5.34. The van der Waals surface area contributed by atoms with Gasteiger partial charge in [0.1, 0.15) is 5.82 Å². The molecule has 5 nitrogen and oxygen atoms in total. The van der Waals surface area contributed by atoms with Gasteiger partial charge in [0.25, 0.3) is 0 Å². The molecule has 2 rings (SSSR count). The van der Waals surface area contributed by atoms with Crippen molar-refractivity contribution < 1.29 is 9.84 Å². The van der Waals surface area contributed by atoms with Crippen molar-refractivity contribution in [2.24, 2.45) is 0 Å². The first-order valence-electron chi connectivity index (χ1n) is 6.96. The fourth-order valence-electron chi connectivity index (χ4n) is 2.12. The summed E-state index contributed by atoms with van der Waals surface area (Å²) in [6, 6.07) is 10.0. The van der Waals surface area contributed by atoms with Gasteiger partial charge >= 0.3 is 0 Å². The highest BCUT2D eigenvalue weighted by molar-refractivity contribution is 7.98. The second kappa shape index (κ2) is 6.98. The molecule has 1 aromatic carbocycles. The first kappa shape index (κ1) is 16.6. The Labute approximate surface area is 135 Å². The van der Waals surface area contributed by atoms with E-state index in [0.717, 1.165) is 5.56 Å². The Morgan fingerprint density at radius 2 is 1.91 bits per heavy atom. The van der Waals surface area contributed by atoms with Crippen LogP contribution in [0.3, 0.4) is 0 Å². The zero-order valence-electron chi connectivity index (χ0n) is 13.3. The lowest BCUT2D eigenvalue weighted by Crippen LogP contribution is -2.21. The minimum atomic E-state index is -1.11. The molecular formula is C16H21N3O2S. The van der Waals surface area contributed by atoms with Gasteiger partial charge in [-0.05, 0) is 25.7 Å². The molecule has 0 bridgehead atoms. The third-order valence-corrected chi connectivity index (χ3v) is 3.69. The third-order valence-electron chi connectivity index (χ3n) is 3.15. The average molecular weight is 319 g/mol. The summed E-state index contributed by atoms with van der Waals surface area (Å²) in [5.41, 5.74) is 0.581. The van der Waals surface area contributed by atoms with Crippen LogP contribution in [0.25, 0.3) is 0 Å². The summed E-state index contributed by atoms with van der Waals surface area (Å²) in [6.07, 6.45) is 1.90. The maximum absolute atomic E-state index is 10.4. The molecule has 0 aliphatic carbocycles.